The molecule has 0 radical (unpaired) electrons. The van der Waals surface area contributed by atoms with Crippen LogP contribution in [0.1, 0.15) is 43.0 Å². The first-order chi connectivity index (χ1) is 9.88. The first kappa shape index (κ1) is 16.0. The van der Waals surface area contributed by atoms with E-state index in [1.54, 1.807) is 0 Å². The minimum absolute atomic E-state index is 0.00529. The first-order valence-corrected chi connectivity index (χ1v) is 7.56. The summed E-state index contributed by atoms with van der Waals surface area (Å²) in [7, 11) is 0. The zero-order chi connectivity index (χ0) is 15.6. The van der Waals surface area contributed by atoms with Crippen LogP contribution < -0.4 is 5.32 Å². The van der Waals surface area contributed by atoms with Gasteiger partial charge in [-0.1, -0.05) is 36.5 Å². The maximum atomic E-state index is 12.1. The highest BCUT2D eigenvalue weighted by Gasteiger charge is 2.41. The van der Waals surface area contributed by atoms with E-state index in [2.05, 4.69) is 12.2 Å². The Labute approximate surface area is 132 Å². The molecule has 114 valence electrons. The van der Waals surface area contributed by atoms with E-state index in [-0.39, 0.29) is 32.6 Å². The lowest BCUT2D eigenvalue weighted by atomic mass is 10.0. The third-order valence-corrected chi connectivity index (χ3v) is 4.62. The summed E-state index contributed by atoms with van der Waals surface area (Å²) in [6.45, 7) is 2.71. The molecule has 2 rings (SSSR count). The molecule has 0 bridgehead atoms. The molecule has 1 N–H and O–H groups in total. The molecular weight excluding hydrogens is 315 g/mol. The van der Waals surface area contributed by atoms with E-state index in [1.165, 1.54) is 6.07 Å². The van der Waals surface area contributed by atoms with E-state index >= 15 is 0 Å². The molecule has 0 saturated heterocycles. The van der Waals surface area contributed by atoms with Crippen LogP contribution in [0, 0.1) is 15.5 Å². The second kappa shape index (κ2) is 6.20. The van der Waals surface area contributed by atoms with Crippen molar-refractivity contribution in [3.05, 3.63) is 37.9 Å². The van der Waals surface area contributed by atoms with Gasteiger partial charge in [0.05, 0.1) is 9.95 Å². The van der Waals surface area contributed by atoms with Crippen molar-refractivity contribution in [2.24, 2.45) is 5.41 Å². The van der Waals surface area contributed by atoms with E-state index in [1.807, 2.05) is 0 Å². The Kier molecular flexibility index (Phi) is 4.74. The fourth-order valence-electron chi connectivity index (χ4n) is 2.43. The number of nitrogens with one attached hydrogen (secondary N) is 1. The van der Waals surface area contributed by atoms with Crippen LogP contribution in [-0.2, 0) is 0 Å². The number of halogens is 2. The van der Waals surface area contributed by atoms with Crippen LogP contribution in [0.25, 0.3) is 0 Å². The highest BCUT2D eigenvalue weighted by atomic mass is 35.5. The summed E-state index contributed by atoms with van der Waals surface area (Å²) in [6, 6.07) is 2.51. The van der Waals surface area contributed by atoms with Crippen molar-refractivity contribution in [3.63, 3.8) is 0 Å². The molecule has 7 heteroatoms. The SMILES string of the molecule is CCCC1(CNC(=O)c2cc(Cl)c(Cl)c([N+](=O)[O-])c2)CC1. The van der Waals surface area contributed by atoms with Crippen molar-refractivity contribution < 1.29 is 9.72 Å². The van der Waals surface area contributed by atoms with Gasteiger partial charge in [-0.05, 0) is 30.7 Å². The number of nitro groups is 1. The van der Waals surface area contributed by atoms with E-state index in [0.717, 1.165) is 31.7 Å². The minimum Gasteiger partial charge on any atom is -0.351 e. The van der Waals surface area contributed by atoms with Gasteiger partial charge in [-0.15, -0.1) is 0 Å². The van der Waals surface area contributed by atoms with Crippen molar-refractivity contribution in [3.8, 4) is 0 Å². The Morgan fingerprint density at radius 2 is 2.10 bits per heavy atom. The number of carbonyl (C=O) groups is 1. The van der Waals surface area contributed by atoms with Gasteiger partial charge < -0.3 is 5.32 Å². The number of carbonyl (C=O) groups excluding carboxylic acids is 1. The molecule has 0 unspecified atom stereocenters. The normalized spacial score (nSPS) is 15.6. The van der Waals surface area contributed by atoms with Crippen molar-refractivity contribution in [2.45, 2.75) is 32.6 Å². The number of benzene rings is 1. The zero-order valence-corrected chi connectivity index (χ0v) is 13.1. The Morgan fingerprint density at radius 1 is 1.43 bits per heavy atom. The van der Waals surface area contributed by atoms with Crippen LogP contribution in [-0.4, -0.2) is 17.4 Å². The predicted molar refractivity (Wildman–Crippen MR) is 82.0 cm³/mol. The van der Waals surface area contributed by atoms with Crippen LogP contribution in [0.3, 0.4) is 0 Å². The summed E-state index contributed by atoms with van der Waals surface area (Å²) in [5, 5.41) is 13.6. The fourth-order valence-corrected chi connectivity index (χ4v) is 2.82. The molecule has 1 aromatic rings. The van der Waals surface area contributed by atoms with E-state index in [0.29, 0.717) is 6.54 Å². The van der Waals surface area contributed by atoms with Gasteiger partial charge in [-0.3, -0.25) is 14.9 Å². The molecule has 1 fully saturated rings. The third-order valence-electron chi connectivity index (χ3n) is 3.83. The maximum Gasteiger partial charge on any atom is 0.290 e. The molecule has 1 amide bonds. The van der Waals surface area contributed by atoms with Gasteiger partial charge in [0.15, 0.2) is 0 Å². The zero-order valence-electron chi connectivity index (χ0n) is 11.6. The summed E-state index contributed by atoms with van der Waals surface area (Å²) < 4.78 is 0. The molecule has 0 atom stereocenters. The Balaban J connectivity index is 2.11. The van der Waals surface area contributed by atoms with Crippen LogP contribution in [0.5, 0.6) is 0 Å². The second-order valence-corrected chi connectivity index (χ2v) is 6.27. The summed E-state index contributed by atoms with van der Waals surface area (Å²) in [5.41, 5.74) is 0.0134. The summed E-state index contributed by atoms with van der Waals surface area (Å²) in [5.74, 6) is -0.362. The van der Waals surface area contributed by atoms with Gasteiger partial charge in [-0.25, -0.2) is 0 Å². The standard InChI is InChI=1S/C14H16Cl2N2O3/c1-2-3-14(4-5-14)8-17-13(19)9-6-10(15)12(16)11(7-9)18(20)21/h6-7H,2-5,8H2,1H3,(H,17,19). The van der Waals surface area contributed by atoms with Gasteiger partial charge in [0, 0.05) is 18.2 Å². The Hall–Kier alpha value is -1.33. The molecule has 5 nitrogen and oxygen atoms in total. The number of hydrogen-bond acceptors (Lipinski definition) is 3. The largest absolute Gasteiger partial charge is 0.351 e. The lowest BCUT2D eigenvalue weighted by Crippen LogP contribution is -2.30. The molecular formula is C14H16Cl2N2O3. The van der Waals surface area contributed by atoms with E-state index < -0.39 is 4.92 Å². The average Bonchev–Trinajstić information content (AvgIpc) is 3.19. The predicted octanol–water partition coefficient (Wildman–Crippen LogP) is 4.21. The van der Waals surface area contributed by atoms with Crippen LogP contribution >= 0.6 is 23.2 Å². The van der Waals surface area contributed by atoms with Crippen LogP contribution in [0.2, 0.25) is 10.0 Å². The topological polar surface area (TPSA) is 72.2 Å². The monoisotopic (exact) mass is 330 g/mol. The highest BCUT2D eigenvalue weighted by Crippen LogP contribution is 2.49. The van der Waals surface area contributed by atoms with Gasteiger partial charge in [0.25, 0.3) is 11.6 Å². The molecule has 0 spiro atoms. The second-order valence-electron chi connectivity index (χ2n) is 5.48. The van der Waals surface area contributed by atoms with Gasteiger partial charge in [0.2, 0.25) is 0 Å². The number of amides is 1. The summed E-state index contributed by atoms with van der Waals surface area (Å²) >= 11 is 11.6. The first-order valence-electron chi connectivity index (χ1n) is 6.80. The lowest BCUT2D eigenvalue weighted by Gasteiger charge is -2.15. The molecule has 21 heavy (non-hydrogen) atoms. The van der Waals surface area contributed by atoms with E-state index in [4.69, 9.17) is 23.2 Å². The highest BCUT2D eigenvalue weighted by molar-refractivity contribution is 6.43. The number of nitro benzene ring substituents is 1. The van der Waals surface area contributed by atoms with Gasteiger partial charge in [-0.2, -0.15) is 0 Å². The molecule has 1 aromatic carbocycles. The minimum atomic E-state index is -0.648. The number of nitrogens with zero attached hydrogens (tertiary/aromatic N) is 1. The van der Waals surface area contributed by atoms with E-state index in [9.17, 15) is 14.9 Å². The van der Waals surface area contributed by atoms with Crippen molar-refractivity contribution in [1.29, 1.82) is 0 Å². The Bertz CT molecular complexity index is 586. The third kappa shape index (κ3) is 3.66. The molecule has 1 saturated carbocycles. The smallest absolute Gasteiger partial charge is 0.290 e. The summed E-state index contributed by atoms with van der Waals surface area (Å²) in [4.78, 5) is 22.4. The van der Waals surface area contributed by atoms with Crippen LogP contribution in [0.15, 0.2) is 12.1 Å². The number of hydrogen-bond donors (Lipinski definition) is 1. The quantitative estimate of drug-likeness (QED) is 0.627. The fraction of sp³-hybridized carbons (Fsp3) is 0.500. The van der Waals surface area contributed by atoms with Gasteiger partial charge in [0.1, 0.15) is 5.02 Å². The number of rotatable bonds is 6. The molecule has 0 heterocycles. The van der Waals surface area contributed by atoms with Gasteiger partial charge >= 0.3 is 0 Å². The molecule has 1 aliphatic rings. The maximum absolute atomic E-state index is 12.1. The van der Waals surface area contributed by atoms with Crippen molar-refractivity contribution in [2.75, 3.05) is 6.54 Å². The summed E-state index contributed by atoms with van der Waals surface area (Å²) in [6.07, 6.45) is 4.38. The average molecular weight is 331 g/mol. The van der Waals surface area contributed by atoms with Crippen LogP contribution in [0.4, 0.5) is 5.69 Å². The molecule has 1 aliphatic carbocycles. The molecule has 0 aliphatic heterocycles. The lowest BCUT2D eigenvalue weighted by molar-refractivity contribution is -0.384. The van der Waals surface area contributed by atoms with Crippen molar-refractivity contribution in [1.82, 2.24) is 5.32 Å². The Morgan fingerprint density at radius 3 is 2.62 bits per heavy atom. The van der Waals surface area contributed by atoms with Crippen molar-refractivity contribution >= 4 is 34.8 Å². The molecule has 0 aromatic heterocycles.